The van der Waals surface area contributed by atoms with Crippen LogP contribution in [0, 0.1) is 5.82 Å². The standard InChI is InChI=1S/C35H40ClFN8O3/c1-8-27(46)43-13-14-44(21(6)16-43)32-24-15-25(36)30(23-11-9-10-12-26(23)37)38-33(24)45(35(47)41-32)31-28(19(2)3)39-34(40-29(31)20(4)5)48-22-17-42(7)18-22/h8-12,15,19-22H,1,13-14,16-18H2,2-7H3/t21-/m0/s1. The Bertz CT molecular complexity index is 1930. The van der Waals surface area contributed by atoms with E-state index in [9.17, 15) is 9.59 Å². The number of carbonyl (C=O) groups is 1. The van der Waals surface area contributed by atoms with Crippen molar-refractivity contribution in [2.75, 3.05) is 44.7 Å². The van der Waals surface area contributed by atoms with Gasteiger partial charge in [-0.1, -0.05) is 58.0 Å². The lowest BCUT2D eigenvalue weighted by Crippen LogP contribution is -2.54. The number of likely N-dealkylation sites (N-methyl/N-ethyl adjacent to an activating group) is 1. The number of aromatic nitrogens is 5. The number of benzene rings is 1. The number of nitrogens with zero attached hydrogens (tertiary/aromatic N) is 8. The number of halogens is 2. The minimum absolute atomic E-state index is 0.0262. The van der Waals surface area contributed by atoms with Crippen LogP contribution in [-0.4, -0.2) is 92.1 Å². The molecule has 0 spiro atoms. The van der Waals surface area contributed by atoms with E-state index in [1.807, 2.05) is 46.6 Å². The van der Waals surface area contributed by atoms with Crippen LogP contribution in [0.5, 0.6) is 6.01 Å². The van der Waals surface area contributed by atoms with Gasteiger partial charge in [-0.15, -0.1) is 0 Å². The van der Waals surface area contributed by atoms with Gasteiger partial charge in [-0.3, -0.25) is 9.69 Å². The maximum atomic E-state index is 15.2. The van der Waals surface area contributed by atoms with Crippen LogP contribution < -0.4 is 15.3 Å². The van der Waals surface area contributed by atoms with Gasteiger partial charge in [0.05, 0.1) is 33.2 Å². The summed E-state index contributed by atoms with van der Waals surface area (Å²) >= 11 is 6.87. The van der Waals surface area contributed by atoms with Crippen molar-refractivity contribution >= 4 is 34.4 Å². The normalized spacial score (nSPS) is 17.3. The highest BCUT2D eigenvalue weighted by Crippen LogP contribution is 2.37. The number of ether oxygens (including phenoxy) is 1. The minimum Gasteiger partial charge on any atom is -0.457 e. The number of rotatable bonds is 8. The van der Waals surface area contributed by atoms with Crippen LogP contribution in [0.1, 0.15) is 57.8 Å². The van der Waals surface area contributed by atoms with E-state index in [-0.39, 0.29) is 57.8 Å². The molecule has 5 heterocycles. The molecule has 2 aliphatic heterocycles. The maximum absolute atomic E-state index is 15.2. The number of hydrogen-bond donors (Lipinski definition) is 0. The summed E-state index contributed by atoms with van der Waals surface area (Å²) in [6.45, 7) is 16.3. The number of amides is 1. The Morgan fingerprint density at radius 2 is 1.71 bits per heavy atom. The van der Waals surface area contributed by atoms with Crippen molar-refractivity contribution in [1.29, 1.82) is 0 Å². The number of likely N-dealkylation sites (tertiary alicyclic amines) is 1. The summed E-state index contributed by atoms with van der Waals surface area (Å²) in [5.74, 6) is -0.549. The molecule has 0 aliphatic carbocycles. The Morgan fingerprint density at radius 3 is 2.29 bits per heavy atom. The Morgan fingerprint density at radius 1 is 1.04 bits per heavy atom. The third kappa shape index (κ3) is 6.14. The molecule has 1 atom stereocenters. The fourth-order valence-electron chi connectivity index (χ4n) is 6.39. The molecule has 1 amide bonds. The van der Waals surface area contributed by atoms with Crippen LogP contribution in [0.4, 0.5) is 10.2 Å². The van der Waals surface area contributed by atoms with E-state index >= 15 is 4.39 Å². The SMILES string of the molecule is C=CC(=O)N1CCN(c2nc(=O)n(-c3c(C(C)C)nc(OC4CN(C)C4)nc3C(C)C)c3nc(-c4ccccc4F)c(Cl)cc23)[C@@H](C)C1. The zero-order valence-electron chi connectivity index (χ0n) is 28.1. The molecule has 1 aromatic carbocycles. The second-order valence-corrected chi connectivity index (χ2v) is 13.6. The fraction of sp³-hybridized carbons (Fsp3) is 0.429. The Kier molecular flexibility index (Phi) is 9.23. The van der Waals surface area contributed by atoms with Gasteiger partial charge in [0.2, 0.25) is 5.91 Å². The summed E-state index contributed by atoms with van der Waals surface area (Å²) in [6, 6.07) is 8.00. The average Bonchev–Trinajstić information content (AvgIpc) is 3.03. The molecule has 0 unspecified atom stereocenters. The molecule has 48 heavy (non-hydrogen) atoms. The predicted molar refractivity (Wildman–Crippen MR) is 185 cm³/mol. The summed E-state index contributed by atoms with van der Waals surface area (Å²) in [5.41, 5.74) is 1.71. The fourth-order valence-corrected chi connectivity index (χ4v) is 6.64. The quantitative estimate of drug-likeness (QED) is 0.233. The summed E-state index contributed by atoms with van der Waals surface area (Å²) in [7, 11) is 2.02. The summed E-state index contributed by atoms with van der Waals surface area (Å²) < 4.78 is 22.8. The summed E-state index contributed by atoms with van der Waals surface area (Å²) in [5, 5.41) is 0.699. The van der Waals surface area contributed by atoms with Crippen molar-refractivity contribution in [1.82, 2.24) is 34.3 Å². The molecule has 0 saturated carbocycles. The minimum atomic E-state index is -0.592. The zero-order chi connectivity index (χ0) is 34.4. The van der Waals surface area contributed by atoms with Gasteiger partial charge in [-0.2, -0.15) is 15.0 Å². The molecule has 2 saturated heterocycles. The molecule has 6 rings (SSSR count). The lowest BCUT2D eigenvalue weighted by molar-refractivity contribution is -0.126. The van der Waals surface area contributed by atoms with Crippen molar-refractivity contribution in [2.24, 2.45) is 0 Å². The highest BCUT2D eigenvalue weighted by atomic mass is 35.5. The number of pyridine rings is 1. The van der Waals surface area contributed by atoms with Crippen LogP contribution >= 0.6 is 11.6 Å². The molecule has 252 valence electrons. The van der Waals surface area contributed by atoms with Crippen molar-refractivity contribution < 1.29 is 13.9 Å². The van der Waals surface area contributed by atoms with Gasteiger partial charge in [0.1, 0.15) is 17.7 Å². The Labute approximate surface area is 284 Å². The first-order valence-electron chi connectivity index (χ1n) is 16.2. The number of anilines is 1. The number of carbonyl (C=O) groups excluding carboxylic acids is 1. The molecule has 0 bridgehead atoms. The van der Waals surface area contributed by atoms with Crippen LogP contribution in [0.15, 0.2) is 47.8 Å². The van der Waals surface area contributed by atoms with Crippen LogP contribution in [0.3, 0.4) is 0 Å². The van der Waals surface area contributed by atoms with Gasteiger partial charge in [-0.25, -0.2) is 18.7 Å². The van der Waals surface area contributed by atoms with E-state index in [0.717, 1.165) is 13.1 Å². The maximum Gasteiger partial charge on any atom is 0.355 e. The first-order valence-corrected chi connectivity index (χ1v) is 16.6. The number of piperazine rings is 1. The van der Waals surface area contributed by atoms with E-state index in [1.54, 1.807) is 29.2 Å². The smallest absolute Gasteiger partial charge is 0.355 e. The molecule has 0 radical (unpaired) electrons. The van der Waals surface area contributed by atoms with Crippen LogP contribution in [0.2, 0.25) is 5.02 Å². The monoisotopic (exact) mass is 674 g/mol. The molecule has 2 fully saturated rings. The summed E-state index contributed by atoms with van der Waals surface area (Å²) in [4.78, 5) is 52.0. The van der Waals surface area contributed by atoms with Gasteiger partial charge in [0, 0.05) is 44.3 Å². The summed E-state index contributed by atoms with van der Waals surface area (Å²) in [6.07, 6.45) is 1.27. The van der Waals surface area contributed by atoms with Gasteiger partial charge in [0.25, 0.3) is 0 Å². The first-order chi connectivity index (χ1) is 22.9. The van der Waals surface area contributed by atoms with E-state index in [4.69, 9.17) is 31.3 Å². The molecule has 3 aromatic heterocycles. The average molecular weight is 675 g/mol. The van der Waals surface area contributed by atoms with Crippen molar-refractivity contribution in [3.05, 3.63) is 75.7 Å². The van der Waals surface area contributed by atoms with Crippen LogP contribution in [-0.2, 0) is 4.79 Å². The number of hydrogen-bond acceptors (Lipinski definition) is 9. The lowest BCUT2D eigenvalue weighted by Gasteiger charge is -2.40. The second-order valence-electron chi connectivity index (χ2n) is 13.1. The number of fused-ring (bicyclic) bond motifs is 1. The molecule has 11 nitrogen and oxygen atoms in total. The van der Waals surface area contributed by atoms with E-state index in [2.05, 4.69) is 16.5 Å². The second kappa shape index (κ2) is 13.2. The zero-order valence-corrected chi connectivity index (χ0v) is 28.8. The first kappa shape index (κ1) is 33.5. The van der Waals surface area contributed by atoms with E-state index < -0.39 is 11.5 Å². The molecular formula is C35H40ClFN8O3. The molecule has 0 N–H and O–H groups in total. The molecule has 13 heteroatoms. The molecule has 2 aliphatic rings. The highest BCUT2D eigenvalue weighted by molar-refractivity contribution is 6.33. The lowest BCUT2D eigenvalue weighted by atomic mass is 10.0. The topological polar surface area (TPSA) is 110 Å². The van der Waals surface area contributed by atoms with Gasteiger partial charge in [-0.05, 0) is 50.1 Å². The van der Waals surface area contributed by atoms with Gasteiger partial charge in [0.15, 0.2) is 5.65 Å². The third-order valence-electron chi connectivity index (χ3n) is 8.85. The predicted octanol–water partition coefficient (Wildman–Crippen LogP) is 5.19. The van der Waals surface area contributed by atoms with Gasteiger partial charge >= 0.3 is 11.7 Å². The highest BCUT2D eigenvalue weighted by Gasteiger charge is 2.32. The largest absolute Gasteiger partial charge is 0.457 e. The van der Waals surface area contributed by atoms with Crippen molar-refractivity contribution in [3.63, 3.8) is 0 Å². The van der Waals surface area contributed by atoms with E-state index in [0.29, 0.717) is 47.9 Å². The van der Waals surface area contributed by atoms with E-state index in [1.165, 1.54) is 16.7 Å². The van der Waals surface area contributed by atoms with Crippen LogP contribution in [0.25, 0.3) is 28.0 Å². The Hall–Kier alpha value is -4.42. The molecular weight excluding hydrogens is 635 g/mol. The van der Waals surface area contributed by atoms with Gasteiger partial charge < -0.3 is 14.5 Å². The Balaban J connectivity index is 1.62. The molecule has 4 aromatic rings. The third-order valence-corrected chi connectivity index (χ3v) is 9.14. The van der Waals surface area contributed by atoms with Crippen molar-refractivity contribution in [2.45, 2.75) is 58.6 Å². The van der Waals surface area contributed by atoms with Crippen molar-refractivity contribution in [3.8, 4) is 23.0 Å².